The zero-order chi connectivity index (χ0) is 9.97. The van der Waals surface area contributed by atoms with Crippen LogP contribution < -0.4 is 4.18 Å². The number of fused-ring (bicyclic) bond motifs is 1. The minimum Gasteiger partial charge on any atom is -1.00 e. The Balaban J connectivity index is 0. The Morgan fingerprint density at radius 1 is 1.13 bits per heavy atom. The maximum absolute atomic E-state index is 10.4. The van der Waals surface area contributed by atoms with Crippen molar-refractivity contribution in [1.82, 2.24) is 0 Å². The molecular formula is C10H9CaO3S-. The first-order valence-corrected chi connectivity index (χ1v) is 5.03. The minimum absolute atomic E-state index is 0. The molecule has 76 valence electrons. The van der Waals surface area contributed by atoms with Gasteiger partial charge in [-0.2, -0.15) is 0 Å². The van der Waals surface area contributed by atoms with Crippen molar-refractivity contribution in [2.24, 2.45) is 0 Å². The van der Waals surface area contributed by atoms with Crippen LogP contribution in [-0.4, -0.2) is 46.5 Å². The second-order valence-corrected chi connectivity index (χ2v) is 3.34. The second kappa shape index (κ2) is 5.82. The average molecular weight is 249 g/mol. The molecule has 0 aliphatic heterocycles. The van der Waals surface area contributed by atoms with Gasteiger partial charge in [-0.05, 0) is 11.5 Å². The van der Waals surface area contributed by atoms with Gasteiger partial charge in [-0.25, -0.2) is 4.21 Å². The van der Waals surface area contributed by atoms with Crippen molar-refractivity contribution in [3.63, 3.8) is 0 Å². The van der Waals surface area contributed by atoms with E-state index in [1.54, 1.807) is 12.1 Å². The van der Waals surface area contributed by atoms with Gasteiger partial charge in [0.2, 0.25) is 0 Å². The van der Waals surface area contributed by atoms with Gasteiger partial charge in [-0.3, -0.25) is 0 Å². The summed E-state index contributed by atoms with van der Waals surface area (Å²) in [5.74, 6) is 0.358. The molecule has 0 heterocycles. The summed E-state index contributed by atoms with van der Waals surface area (Å²) in [6, 6.07) is 12.7. The summed E-state index contributed by atoms with van der Waals surface area (Å²) < 4.78 is 25.4. The van der Waals surface area contributed by atoms with E-state index in [-0.39, 0.29) is 40.6 Å². The topological polar surface area (TPSA) is 49.4 Å². The zero-order valence-corrected chi connectivity index (χ0v) is 10.9. The van der Waals surface area contributed by atoms with Crippen LogP contribution in [0.1, 0.15) is 2.85 Å². The Morgan fingerprint density at radius 3 is 2.53 bits per heavy atom. The first-order valence-electron chi connectivity index (χ1n) is 4.03. The van der Waals surface area contributed by atoms with Gasteiger partial charge in [0, 0.05) is 5.39 Å². The monoisotopic (exact) mass is 249 g/mol. The Bertz CT molecular complexity index is 490. The molecule has 0 aliphatic rings. The van der Waals surface area contributed by atoms with Gasteiger partial charge in [-0.15, -0.1) is 0 Å². The van der Waals surface area contributed by atoms with Crippen LogP contribution in [0.4, 0.5) is 0 Å². The van der Waals surface area contributed by atoms with Gasteiger partial charge in [0.25, 0.3) is 0 Å². The maximum Gasteiger partial charge on any atom is 2.00 e. The molecule has 0 aliphatic carbocycles. The molecule has 0 spiro atoms. The van der Waals surface area contributed by atoms with Gasteiger partial charge in [-0.1, -0.05) is 36.4 Å². The van der Waals surface area contributed by atoms with E-state index in [0.717, 1.165) is 10.8 Å². The van der Waals surface area contributed by atoms with Crippen LogP contribution in [-0.2, 0) is 11.4 Å². The zero-order valence-electron chi connectivity index (χ0n) is 9.88. The predicted octanol–water partition coefficient (Wildman–Crippen LogP) is 1.86. The van der Waals surface area contributed by atoms with Crippen molar-refractivity contribution in [3.05, 3.63) is 42.5 Å². The second-order valence-electron chi connectivity index (χ2n) is 2.76. The molecule has 0 saturated carbocycles. The summed E-state index contributed by atoms with van der Waals surface area (Å²) in [5, 5.41) is 1.75. The van der Waals surface area contributed by atoms with Crippen molar-refractivity contribution in [2.45, 2.75) is 0 Å². The third-order valence-corrected chi connectivity index (χ3v) is 2.22. The fourth-order valence-electron chi connectivity index (χ4n) is 1.34. The van der Waals surface area contributed by atoms with Crippen LogP contribution in [0.2, 0.25) is 0 Å². The molecule has 0 radical (unpaired) electrons. The van der Waals surface area contributed by atoms with Gasteiger partial charge in [0.1, 0.15) is 17.1 Å². The van der Waals surface area contributed by atoms with Crippen LogP contribution in [0.25, 0.3) is 10.8 Å². The largest absolute Gasteiger partial charge is 2.00 e. The van der Waals surface area contributed by atoms with Crippen molar-refractivity contribution >= 4 is 59.9 Å². The van der Waals surface area contributed by atoms with Gasteiger partial charge < -0.3 is 11.6 Å². The van der Waals surface area contributed by atoms with E-state index < -0.39 is 11.4 Å². The molecule has 1 unspecified atom stereocenters. The van der Waals surface area contributed by atoms with E-state index in [2.05, 4.69) is 4.18 Å². The van der Waals surface area contributed by atoms with Crippen LogP contribution in [0, 0.1) is 0 Å². The van der Waals surface area contributed by atoms with E-state index in [0.29, 0.717) is 5.75 Å². The van der Waals surface area contributed by atoms with Gasteiger partial charge in [0.05, 0.1) is 0 Å². The summed E-state index contributed by atoms with van der Waals surface area (Å²) in [4.78, 5) is 0. The molecule has 0 amide bonds. The molecule has 2 aromatic rings. The average Bonchev–Trinajstić information content (AvgIpc) is 2.18. The molecular weight excluding hydrogens is 240 g/mol. The number of hydrogen-bond donors (Lipinski definition) is 0. The molecule has 2 aromatic carbocycles. The van der Waals surface area contributed by atoms with E-state index in [9.17, 15) is 8.76 Å². The summed E-state index contributed by atoms with van der Waals surface area (Å²) in [7, 11) is 0. The molecule has 3 nitrogen and oxygen atoms in total. The molecule has 1 atom stereocenters. The van der Waals surface area contributed by atoms with Crippen LogP contribution >= 0.6 is 0 Å². The summed E-state index contributed by atoms with van der Waals surface area (Å²) >= 11 is -2.52. The number of hydrogen-bond acceptors (Lipinski definition) is 3. The maximum atomic E-state index is 10.4. The molecule has 5 heteroatoms. The predicted molar refractivity (Wildman–Crippen MR) is 61.5 cm³/mol. The fraction of sp³-hybridized carbons (Fsp3) is 0. The SMILES string of the molecule is O=S([O-])Oc1cccc2ccccc12.[Ca+2].[H-].[H-]. The van der Waals surface area contributed by atoms with Crippen molar-refractivity contribution in [1.29, 1.82) is 0 Å². The van der Waals surface area contributed by atoms with E-state index in [1.807, 2.05) is 30.3 Å². The molecule has 0 bridgehead atoms. The van der Waals surface area contributed by atoms with E-state index in [1.165, 1.54) is 0 Å². The molecule has 0 saturated heterocycles. The molecule has 0 N–H and O–H groups in total. The summed E-state index contributed by atoms with van der Waals surface area (Å²) in [6.45, 7) is 0. The Kier molecular flexibility index (Phi) is 5.02. The van der Waals surface area contributed by atoms with E-state index >= 15 is 0 Å². The third kappa shape index (κ3) is 3.16. The molecule has 0 aromatic heterocycles. The van der Waals surface area contributed by atoms with Crippen molar-refractivity contribution in [2.75, 3.05) is 0 Å². The quantitative estimate of drug-likeness (QED) is 0.603. The Labute approximate surface area is 123 Å². The first kappa shape index (κ1) is 12.9. The van der Waals surface area contributed by atoms with Gasteiger partial charge >= 0.3 is 37.7 Å². The normalized spacial score (nSPS) is 11.8. The van der Waals surface area contributed by atoms with Crippen LogP contribution in [0.3, 0.4) is 0 Å². The number of benzene rings is 2. The third-order valence-electron chi connectivity index (χ3n) is 1.91. The van der Waals surface area contributed by atoms with Crippen molar-refractivity contribution in [3.8, 4) is 5.75 Å². The molecule has 2 rings (SSSR count). The van der Waals surface area contributed by atoms with Gasteiger partial charge in [0.15, 0.2) is 0 Å². The molecule has 0 fully saturated rings. The molecule has 15 heavy (non-hydrogen) atoms. The Morgan fingerprint density at radius 2 is 1.80 bits per heavy atom. The minimum atomic E-state index is -2.52. The van der Waals surface area contributed by atoms with Crippen LogP contribution in [0.5, 0.6) is 5.75 Å². The standard InChI is InChI=1S/C10H8O3S.Ca.2H/c11-14(12)13-10-7-3-5-8-4-1-2-6-9(8)10;;;/h1-7H,(H,11,12);;;/q;+2;2*-1/p-1. The first-order chi connectivity index (χ1) is 6.77. The smallest absolute Gasteiger partial charge is 1.00 e. The van der Waals surface area contributed by atoms with Crippen molar-refractivity contribution < 1.29 is 15.8 Å². The van der Waals surface area contributed by atoms with E-state index in [4.69, 9.17) is 0 Å². The summed E-state index contributed by atoms with van der Waals surface area (Å²) in [5.41, 5.74) is 0. The van der Waals surface area contributed by atoms with Crippen LogP contribution in [0.15, 0.2) is 42.5 Å². The number of rotatable bonds is 2. The summed E-state index contributed by atoms with van der Waals surface area (Å²) in [6.07, 6.45) is 0. The fourth-order valence-corrected chi connectivity index (χ4v) is 1.63. The Hall–Kier alpha value is -0.130.